The molecule has 1 aromatic heterocycles. The second-order valence-corrected chi connectivity index (χ2v) is 7.43. The predicted octanol–water partition coefficient (Wildman–Crippen LogP) is 5.28. The number of rotatable bonds is 3. The van der Waals surface area contributed by atoms with Gasteiger partial charge in [-0.1, -0.05) is 24.1 Å². The number of benzene rings is 2. The number of fused-ring (bicyclic) bond motifs is 1. The van der Waals surface area contributed by atoms with Gasteiger partial charge in [-0.15, -0.1) is 10.2 Å². The summed E-state index contributed by atoms with van der Waals surface area (Å²) in [6.07, 6.45) is 4.53. The van der Waals surface area contributed by atoms with Gasteiger partial charge < -0.3 is 15.2 Å². The Bertz CT molecular complexity index is 997. The lowest BCUT2D eigenvalue weighted by molar-refractivity contribution is 0.262. The first-order valence-corrected chi connectivity index (χ1v) is 9.84. The maximum absolute atomic E-state index is 12.2. The number of halogens is 1. The Morgan fingerprint density at radius 2 is 1.75 bits per heavy atom. The molecule has 1 aliphatic heterocycles. The molecule has 0 spiro atoms. The van der Waals surface area contributed by atoms with Gasteiger partial charge in [-0.3, -0.25) is 0 Å². The summed E-state index contributed by atoms with van der Waals surface area (Å²) in [6.45, 7) is 2.88. The van der Waals surface area contributed by atoms with E-state index in [4.69, 9.17) is 11.6 Å². The second kappa shape index (κ2) is 8.02. The SMILES string of the molecule is Cc1ccc(NC(=O)Nc2ccc(-c3nnc4n3CCCCC4)cc2)cc1Cl. The van der Waals surface area contributed by atoms with Gasteiger partial charge in [0, 0.05) is 34.9 Å². The highest BCUT2D eigenvalue weighted by atomic mass is 35.5. The Labute approximate surface area is 168 Å². The van der Waals surface area contributed by atoms with E-state index in [9.17, 15) is 4.79 Å². The third-order valence-corrected chi connectivity index (χ3v) is 5.35. The average molecular weight is 396 g/mol. The van der Waals surface area contributed by atoms with Gasteiger partial charge in [0.15, 0.2) is 5.82 Å². The summed E-state index contributed by atoms with van der Waals surface area (Å²) < 4.78 is 2.21. The smallest absolute Gasteiger partial charge is 0.311 e. The molecule has 0 fully saturated rings. The molecule has 0 aliphatic carbocycles. The number of urea groups is 1. The standard InChI is InChI=1S/C21H22ClN5O/c1-14-6-9-17(13-18(14)22)24-21(28)23-16-10-7-15(8-11-16)20-26-25-19-5-3-2-4-12-27(19)20/h6-11,13H,2-5,12H2,1H3,(H2,23,24,28). The van der Waals surface area contributed by atoms with E-state index in [-0.39, 0.29) is 6.03 Å². The quantitative estimate of drug-likeness (QED) is 0.633. The highest BCUT2D eigenvalue weighted by molar-refractivity contribution is 6.31. The van der Waals surface area contributed by atoms with Crippen LogP contribution in [0.2, 0.25) is 5.02 Å². The van der Waals surface area contributed by atoms with E-state index in [2.05, 4.69) is 25.4 Å². The lowest BCUT2D eigenvalue weighted by atomic mass is 10.2. The fourth-order valence-electron chi connectivity index (χ4n) is 3.37. The van der Waals surface area contributed by atoms with Crippen molar-refractivity contribution in [2.24, 2.45) is 0 Å². The normalized spacial score (nSPS) is 13.5. The van der Waals surface area contributed by atoms with Gasteiger partial charge in [0.25, 0.3) is 0 Å². The number of carbonyl (C=O) groups is 1. The maximum Gasteiger partial charge on any atom is 0.323 e. The van der Waals surface area contributed by atoms with Crippen molar-refractivity contribution in [2.45, 2.75) is 39.2 Å². The molecule has 0 bridgehead atoms. The van der Waals surface area contributed by atoms with E-state index >= 15 is 0 Å². The van der Waals surface area contributed by atoms with Gasteiger partial charge in [0.1, 0.15) is 5.82 Å². The first kappa shape index (κ1) is 18.5. The highest BCUT2D eigenvalue weighted by Gasteiger charge is 2.16. The number of hydrogen-bond donors (Lipinski definition) is 2. The molecular weight excluding hydrogens is 374 g/mol. The first-order valence-electron chi connectivity index (χ1n) is 9.47. The molecule has 28 heavy (non-hydrogen) atoms. The van der Waals surface area contributed by atoms with Crippen LogP contribution in [0.1, 0.15) is 30.7 Å². The minimum atomic E-state index is -0.316. The molecule has 2 heterocycles. The van der Waals surface area contributed by atoms with Gasteiger partial charge in [-0.2, -0.15) is 0 Å². The van der Waals surface area contributed by atoms with Crippen LogP contribution in [0.4, 0.5) is 16.2 Å². The summed E-state index contributed by atoms with van der Waals surface area (Å²) in [5.74, 6) is 1.95. The topological polar surface area (TPSA) is 71.8 Å². The molecule has 2 N–H and O–H groups in total. The Morgan fingerprint density at radius 1 is 1.00 bits per heavy atom. The molecule has 6 nitrogen and oxygen atoms in total. The molecule has 0 saturated heterocycles. The highest BCUT2D eigenvalue weighted by Crippen LogP contribution is 2.24. The van der Waals surface area contributed by atoms with Crippen LogP contribution in [0.5, 0.6) is 0 Å². The molecule has 0 saturated carbocycles. The van der Waals surface area contributed by atoms with Crippen LogP contribution in [-0.4, -0.2) is 20.8 Å². The molecule has 2 aromatic carbocycles. The van der Waals surface area contributed by atoms with Crippen molar-refractivity contribution < 1.29 is 4.79 Å². The zero-order valence-electron chi connectivity index (χ0n) is 15.7. The van der Waals surface area contributed by atoms with Crippen LogP contribution in [0, 0.1) is 6.92 Å². The molecule has 1 aliphatic rings. The number of anilines is 2. The Kier molecular flexibility index (Phi) is 5.30. The van der Waals surface area contributed by atoms with Crippen molar-refractivity contribution in [1.29, 1.82) is 0 Å². The summed E-state index contributed by atoms with van der Waals surface area (Å²) in [4.78, 5) is 12.2. The van der Waals surface area contributed by atoms with Gasteiger partial charge in [0.05, 0.1) is 0 Å². The van der Waals surface area contributed by atoms with E-state index in [0.717, 1.165) is 42.2 Å². The molecule has 144 valence electrons. The maximum atomic E-state index is 12.2. The summed E-state index contributed by atoms with van der Waals surface area (Å²) in [6, 6.07) is 12.8. The minimum Gasteiger partial charge on any atom is -0.311 e. The minimum absolute atomic E-state index is 0.316. The molecule has 4 rings (SSSR count). The van der Waals surface area contributed by atoms with Crippen molar-refractivity contribution in [3.8, 4) is 11.4 Å². The zero-order chi connectivity index (χ0) is 19.5. The number of nitrogens with one attached hydrogen (secondary N) is 2. The van der Waals surface area contributed by atoms with Gasteiger partial charge in [-0.05, 0) is 61.7 Å². The second-order valence-electron chi connectivity index (χ2n) is 7.02. The Morgan fingerprint density at radius 3 is 2.54 bits per heavy atom. The first-order chi connectivity index (χ1) is 13.6. The number of amides is 2. The fraction of sp³-hybridized carbons (Fsp3) is 0.286. The number of carbonyl (C=O) groups excluding carboxylic acids is 1. The third kappa shape index (κ3) is 4.02. The number of aryl methyl sites for hydroxylation is 2. The summed E-state index contributed by atoms with van der Waals surface area (Å²) in [7, 11) is 0. The number of hydrogen-bond acceptors (Lipinski definition) is 3. The predicted molar refractivity (Wildman–Crippen MR) is 112 cm³/mol. The van der Waals surface area contributed by atoms with E-state index in [0.29, 0.717) is 16.4 Å². The molecule has 2 amide bonds. The molecule has 0 radical (unpaired) electrons. The van der Waals surface area contributed by atoms with Crippen LogP contribution in [-0.2, 0) is 13.0 Å². The number of nitrogens with zero attached hydrogens (tertiary/aromatic N) is 3. The lowest BCUT2D eigenvalue weighted by Gasteiger charge is -2.10. The molecule has 0 unspecified atom stereocenters. The van der Waals surface area contributed by atoms with Crippen molar-refractivity contribution >= 4 is 29.0 Å². The van der Waals surface area contributed by atoms with Crippen LogP contribution < -0.4 is 10.6 Å². The van der Waals surface area contributed by atoms with Gasteiger partial charge >= 0.3 is 6.03 Å². The zero-order valence-corrected chi connectivity index (χ0v) is 16.5. The van der Waals surface area contributed by atoms with Crippen LogP contribution in [0.3, 0.4) is 0 Å². The number of aromatic nitrogens is 3. The Hall–Kier alpha value is -2.86. The van der Waals surface area contributed by atoms with Gasteiger partial charge in [0.2, 0.25) is 0 Å². The largest absolute Gasteiger partial charge is 0.323 e. The van der Waals surface area contributed by atoms with Crippen LogP contribution in [0.25, 0.3) is 11.4 Å². The van der Waals surface area contributed by atoms with Crippen molar-refractivity contribution in [3.05, 3.63) is 58.9 Å². The van der Waals surface area contributed by atoms with E-state index < -0.39 is 0 Å². The van der Waals surface area contributed by atoms with Crippen LogP contribution in [0.15, 0.2) is 42.5 Å². The molecule has 7 heteroatoms. The van der Waals surface area contributed by atoms with Gasteiger partial charge in [-0.25, -0.2) is 4.79 Å². The third-order valence-electron chi connectivity index (χ3n) is 4.94. The average Bonchev–Trinajstić information content (AvgIpc) is 2.93. The molecule has 0 atom stereocenters. The molecule has 3 aromatic rings. The van der Waals surface area contributed by atoms with Crippen molar-refractivity contribution in [2.75, 3.05) is 10.6 Å². The summed E-state index contributed by atoms with van der Waals surface area (Å²) in [5, 5.41) is 15.0. The van der Waals surface area contributed by atoms with E-state index in [1.54, 1.807) is 6.07 Å². The van der Waals surface area contributed by atoms with Crippen molar-refractivity contribution in [3.63, 3.8) is 0 Å². The molecular formula is C21H22ClN5O. The van der Waals surface area contributed by atoms with Crippen molar-refractivity contribution in [1.82, 2.24) is 14.8 Å². The summed E-state index contributed by atoms with van der Waals surface area (Å²) >= 11 is 6.10. The van der Waals surface area contributed by atoms with E-state index in [1.807, 2.05) is 43.3 Å². The lowest BCUT2D eigenvalue weighted by Crippen LogP contribution is -2.19. The van der Waals surface area contributed by atoms with Crippen LogP contribution >= 0.6 is 11.6 Å². The van der Waals surface area contributed by atoms with E-state index in [1.165, 1.54) is 12.8 Å². The summed E-state index contributed by atoms with van der Waals surface area (Å²) in [5.41, 5.74) is 3.32. The monoisotopic (exact) mass is 395 g/mol. The fourth-order valence-corrected chi connectivity index (χ4v) is 3.55. The Balaban J connectivity index is 1.44.